The summed E-state index contributed by atoms with van der Waals surface area (Å²) in [7, 11) is 1.59. The normalized spacial score (nSPS) is 10.4. The maximum Gasteiger partial charge on any atom is 0.212 e. The standard InChI is InChI=1S/C20H19NO3/c1-23-20-8-7-17(12-21-20)18-9-16(13-22)10-19(11-18)24-14-15-5-3-2-4-6-15/h2-12,22H,13-14H2,1H3. The molecule has 0 saturated carbocycles. The monoisotopic (exact) mass is 321 g/mol. The van der Waals surface area contributed by atoms with Crippen molar-refractivity contribution in [3.63, 3.8) is 0 Å². The van der Waals surface area contributed by atoms with Gasteiger partial charge in [-0.2, -0.15) is 0 Å². The van der Waals surface area contributed by atoms with E-state index < -0.39 is 0 Å². The molecule has 1 N–H and O–H groups in total. The Hall–Kier alpha value is -2.85. The van der Waals surface area contributed by atoms with E-state index in [0.717, 1.165) is 28.0 Å². The highest BCUT2D eigenvalue weighted by Gasteiger charge is 2.06. The Labute approximate surface area is 141 Å². The topological polar surface area (TPSA) is 51.6 Å². The van der Waals surface area contributed by atoms with Crippen LogP contribution >= 0.6 is 0 Å². The first-order valence-corrected chi connectivity index (χ1v) is 7.70. The Bertz CT molecular complexity index is 786. The highest BCUT2D eigenvalue weighted by molar-refractivity contribution is 5.65. The fourth-order valence-electron chi connectivity index (χ4n) is 2.41. The first-order chi connectivity index (χ1) is 11.8. The Morgan fingerprint density at radius 2 is 1.75 bits per heavy atom. The maximum absolute atomic E-state index is 9.51. The van der Waals surface area contributed by atoms with E-state index in [1.807, 2.05) is 60.7 Å². The average Bonchev–Trinajstić information content (AvgIpc) is 2.67. The lowest BCUT2D eigenvalue weighted by Crippen LogP contribution is -1.97. The number of benzene rings is 2. The minimum absolute atomic E-state index is 0.0425. The summed E-state index contributed by atoms with van der Waals surface area (Å²) < 4.78 is 11.0. The predicted molar refractivity (Wildman–Crippen MR) is 92.9 cm³/mol. The summed E-state index contributed by atoms with van der Waals surface area (Å²) in [5, 5.41) is 9.51. The van der Waals surface area contributed by atoms with E-state index >= 15 is 0 Å². The number of hydrogen-bond acceptors (Lipinski definition) is 4. The SMILES string of the molecule is COc1ccc(-c2cc(CO)cc(OCc3ccccc3)c2)cn1. The van der Waals surface area contributed by atoms with Gasteiger partial charge in [-0.05, 0) is 41.0 Å². The Morgan fingerprint density at radius 1 is 0.917 bits per heavy atom. The quantitative estimate of drug-likeness (QED) is 0.750. The van der Waals surface area contributed by atoms with Crippen molar-refractivity contribution in [1.82, 2.24) is 4.98 Å². The zero-order valence-corrected chi connectivity index (χ0v) is 13.5. The molecule has 24 heavy (non-hydrogen) atoms. The van der Waals surface area contributed by atoms with Crippen LogP contribution in [0.2, 0.25) is 0 Å². The van der Waals surface area contributed by atoms with Gasteiger partial charge in [-0.3, -0.25) is 0 Å². The highest BCUT2D eigenvalue weighted by Crippen LogP contribution is 2.27. The molecule has 0 unspecified atom stereocenters. The number of pyridine rings is 1. The van der Waals surface area contributed by atoms with Crippen molar-refractivity contribution in [3.8, 4) is 22.8 Å². The van der Waals surface area contributed by atoms with Crippen molar-refractivity contribution in [3.05, 3.63) is 78.0 Å². The number of nitrogens with zero attached hydrogens (tertiary/aromatic N) is 1. The molecule has 0 saturated heterocycles. The molecule has 0 fully saturated rings. The van der Waals surface area contributed by atoms with E-state index in [-0.39, 0.29) is 6.61 Å². The van der Waals surface area contributed by atoms with Gasteiger partial charge in [-0.1, -0.05) is 30.3 Å². The molecule has 3 rings (SSSR count). The molecule has 0 radical (unpaired) electrons. The van der Waals surface area contributed by atoms with Gasteiger partial charge >= 0.3 is 0 Å². The van der Waals surface area contributed by atoms with Gasteiger partial charge in [0.15, 0.2) is 0 Å². The van der Waals surface area contributed by atoms with Gasteiger partial charge in [0.05, 0.1) is 13.7 Å². The van der Waals surface area contributed by atoms with Crippen LogP contribution in [-0.2, 0) is 13.2 Å². The zero-order valence-electron chi connectivity index (χ0n) is 13.5. The summed E-state index contributed by atoms with van der Waals surface area (Å²) in [6.45, 7) is 0.440. The molecular weight excluding hydrogens is 302 g/mol. The predicted octanol–water partition coefficient (Wildman–Crippen LogP) is 3.83. The summed E-state index contributed by atoms with van der Waals surface area (Å²) >= 11 is 0. The molecule has 0 aliphatic carbocycles. The molecule has 1 aromatic heterocycles. The van der Waals surface area contributed by atoms with Crippen LogP contribution in [0.4, 0.5) is 0 Å². The molecule has 0 aliphatic heterocycles. The molecule has 4 heteroatoms. The van der Waals surface area contributed by atoms with E-state index in [0.29, 0.717) is 12.5 Å². The van der Waals surface area contributed by atoms with Crippen LogP contribution in [0.1, 0.15) is 11.1 Å². The highest BCUT2D eigenvalue weighted by atomic mass is 16.5. The maximum atomic E-state index is 9.51. The number of aliphatic hydroxyl groups excluding tert-OH is 1. The Morgan fingerprint density at radius 3 is 2.42 bits per heavy atom. The van der Waals surface area contributed by atoms with Gasteiger partial charge in [0, 0.05) is 17.8 Å². The van der Waals surface area contributed by atoms with Crippen LogP contribution in [0, 0.1) is 0 Å². The number of rotatable bonds is 6. The van der Waals surface area contributed by atoms with Gasteiger partial charge in [-0.15, -0.1) is 0 Å². The molecule has 1 heterocycles. The molecule has 122 valence electrons. The average molecular weight is 321 g/mol. The number of ether oxygens (including phenoxy) is 2. The summed E-state index contributed by atoms with van der Waals surface area (Å²) in [6.07, 6.45) is 1.75. The van der Waals surface area contributed by atoms with Crippen molar-refractivity contribution in [2.24, 2.45) is 0 Å². The molecule has 4 nitrogen and oxygen atoms in total. The summed E-state index contributed by atoms with van der Waals surface area (Å²) in [4.78, 5) is 4.23. The van der Waals surface area contributed by atoms with Gasteiger partial charge in [0.1, 0.15) is 12.4 Å². The smallest absolute Gasteiger partial charge is 0.212 e. The van der Waals surface area contributed by atoms with Crippen LogP contribution in [-0.4, -0.2) is 17.2 Å². The minimum atomic E-state index is -0.0425. The second-order valence-electron chi connectivity index (χ2n) is 5.39. The van der Waals surface area contributed by atoms with Gasteiger partial charge < -0.3 is 14.6 Å². The van der Waals surface area contributed by atoms with E-state index in [9.17, 15) is 5.11 Å². The molecule has 0 spiro atoms. The van der Waals surface area contributed by atoms with E-state index in [1.165, 1.54) is 0 Å². The van der Waals surface area contributed by atoms with E-state index in [4.69, 9.17) is 9.47 Å². The van der Waals surface area contributed by atoms with Crippen molar-refractivity contribution >= 4 is 0 Å². The molecular formula is C20H19NO3. The van der Waals surface area contributed by atoms with Crippen molar-refractivity contribution in [1.29, 1.82) is 0 Å². The second-order valence-corrected chi connectivity index (χ2v) is 5.39. The van der Waals surface area contributed by atoms with Crippen molar-refractivity contribution in [2.75, 3.05) is 7.11 Å². The number of aromatic nitrogens is 1. The van der Waals surface area contributed by atoms with Crippen LogP contribution in [0.5, 0.6) is 11.6 Å². The largest absolute Gasteiger partial charge is 0.489 e. The Balaban J connectivity index is 1.84. The molecule has 0 amide bonds. The van der Waals surface area contributed by atoms with Crippen LogP contribution < -0.4 is 9.47 Å². The minimum Gasteiger partial charge on any atom is -0.489 e. The molecule has 0 bridgehead atoms. The third-order valence-electron chi connectivity index (χ3n) is 3.68. The van der Waals surface area contributed by atoms with E-state index in [1.54, 1.807) is 13.3 Å². The summed E-state index contributed by atoms with van der Waals surface area (Å²) in [5.74, 6) is 1.29. The van der Waals surface area contributed by atoms with Crippen LogP contribution in [0.15, 0.2) is 66.9 Å². The van der Waals surface area contributed by atoms with E-state index in [2.05, 4.69) is 4.98 Å². The molecule has 0 atom stereocenters. The number of aliphatic hydroxyl groups is 1. The van der Waals surface area contributed by atoms with Crippen LogP contribution in [0.3, 0.4) is 0 Å². The molecule has 3 aromatic rings. The van der Waals surface area contributed by atoms with Crippen molar-refractivity contribution < 1.29 is 14.6 Å². The fourth-order valence-corrected chi connectivity index (χ4v) is 2.41. The first kappa shape index (κ1) is 16.0. The van der Waals surface area contributed by atoms with Gasteiger partial charge in [0.2, 0.25) is 5.88 Å². The molecule has 2 aromatic carbocycles. The third kappa shape index (κ3) is 3.91. The van der Waals surface area contributed by atoms with Crippen LogP contribution in [0.25, 0.3) is 11.1 Å². The lowest BCUT2D eigenvalue weighted by Gasteiger charge is -2.11. The summed E-state index contributed by atoms with van der Waals surface area (Å²) in [5.41, 5.74) is 3.78. The number of methoxy groups -OCH3 is 1. The fraction of sp³-hybridized carbons (Fsp3) is 0.150. The van der Waals surface area contributed by atoms with Gasteiger partial charge in [-0.25, -0.2) is 4.98 Å². The lowest BCUT2D eigenvalue weighted by atomic mass is 10.0. The zero-order chi connectivity index (χ0) is 16.8. The summed E-state index contributed by atoms with van der Waals surface area (Å²) in [6, 6.07) is 19.5. The lowest BCUT2D eigenvalue weighted by molar-refractivity contribution is 0.278. The molecule has 0 aliphatic rings. The second kappa shape index (κ2) is 7.62. The third-order valence-corrected chi connectivity index (χ3v) is 3.68. The van der Waals surface area contributed by atoms with Crippen molar-refractivity contribution in [2.45, 2.75) is 13.2 Å². The first-order valence-electron chi connectivity index (χ1n) is 7.70. The Kier molecular flexibility index (Phi) is 5.08. The number of hydrogen-bond donors (Lipinski definition) is 1. The van der Waals surface area contributed by atoms with Gasteiger partial charge in [0.25, 0.3) is 0 Å².